The summed E-state index contributed by atoms with van der Waals surface area (Å²) in [5.74, 6) is -0.0823. The summed E-state index contributed by atoms with van der Waals surface area (Å²) < 4.78 is 24.4. The highest BCUT2D eigenvalue weighted by molar-refractivity contribution is 7.91. The minimum Gasteiger partial charge on any atom is -0.331 e. The minimum atomic E-state index is -3.32. The van der Waals surface area contributed by atoms with Crippen LogP contribution < -0.4 is 10.6 Å². The normalized spacial score (nSPS) is 23.3. The summed E-state index contributed by atoms with van der Waals surface area (Å²) in [6, 6.07) is 14.1. The molecule has 0 saturated heterocycles. The van der Waals surface area contributed by atoms with Gasteiger partial charge in [0.05, 0.1) is 22.7 Å². The molecule has 0 aromatic heterocycles. The molecular formula is C18H18N2O3S. The van der Waals surface area contributed by atoms with Crippen molar-refractivity contribution >= 4 is 15.9 Å². The fraction of sp³-hybridized carbons (Fsp3) is 0.278. The molecule has 2 amide bonds. The topological polar surface area (TPSA) is 75.3 Å². The molecule has 0 radical (unpaired) electrons. The Morgan fingerprint density at radius 3 is 2.42 bits per heavy atom. The standard InChI is InChI=1S/C18H18N2O3S/c21-18(19-15-10-9-12-5-1-2-6-13(12)15)20-16-11-24(22,23)17-8-4-3-7-14(16)17/h1-8,15-16H,9-11H2,(H2,19,20,21). The largest absolute Gasteiger partial charge is 0.331 e. The van der Waals surface area contributed by atoms with Crippen LogP contribution in [0.15, 0.2) is 53.4 Å². The SMILES string of the molecule is O=C(NC1CCc2ccccc21)NC1CS(=O)(=O)c2ccccc21. The highest BCUT2D eigenvalue weighted by atomic mass is 32.2. The Morgan fingerprint density at radius 1 is 0.917 bits per heavy atom. The van der Waals surface area contributed by atoms with E-state index < -0.39 is 15.9 Å². The van der Waals surface area contributed by atoms with Crippen molar-refractivity contribution in [3.05, 3.63) is 65.2 Å². The van der Waals surface area contributed by atoms with Gasteiger partial charge in [0, 0.05) is 0 Å². The van der Waals surface area contributed by atoms with Gasteiger partial charge in [-0.05, 0) is 35.6 Å². The van der Waals surface area contributed by atoms with Gasteiger partial charge in [0.15, 0.2) is 9.84 Å². The first-order chi connectivity index (χ1) is 11.5. The van der Waals surface area contributed by atoms with Crippen LogP contribution in [0, 0.1) is 0 Å². The van der Waals surface area contributed by atoms with Gasteiger partial charge < -0.3 is 10.6 Å². The van der Waals surface area contributed by atoms with Crippen LogP contribution in [0.5, 0.6) is 0 Å². The minimum absolute atomic E-state index is 0.0190. The number of urea groups is 1. The van der Waals surface area contributed by atoms with Crippen LogP contribution in [0.2, 0.25) is 0 Å². The van der Waals surface area contributed by atoms with Crippen LogP contribution in [0.3, 0.4) is 0 Å². The smallest absolute Gasteiger partial charge is 0.315 e. The van der Waals surface area contributed by atoms with E-state index in [9.17, 15) is 13.2 Å². The van der Waals surface area contributed by atoms with Crippen LogP contribution in [-0.2, 0) is 16.3 Å². The Morgan fingerprint density at radius 2 is 1.58 bits per heavy atom. The van der Waals surface area contributed by atoms with Gasteiger partial charge in [0.1, 0.15) is 0 Å². The van der Waals surface area contributed by atoms with E-state index in [4.69, 9.17) is 0 Å². The molecule has 5 nitrogen and oxygen atoms in total. The van der Waals surface area contributed by atoms with Crippen molar-refractivity contribution in [3.8, 4) is 0 Å². The van der Waals surface area contributed by atoms with Gasteiger partial charge in [-0.25, -0.2) is 13.2 Å². The Bertz CT molecular complexity index is 908. The number of sulfone groups is 1. The molecule has 2 N–H and O–H groups in total. The van der Waals surface area contributed by atoms with Gasteiger partial charge in [0.25, 0.3) is 0 Å². The fourth-order valence-electron chi connectivity index (χ4n) is 3.64. The maximum atomic E-state index is 12.4. The summed E-state index contributed by atoms with van der Waals surface area (Å²) in [6.45, 7) is 0. The summed E-state index contributed by atoms with van der Waals surface area (Å²) in [7, 11) is -3.32. The molecule has 24 heavy (non-hydrogen) atoms. The van der Waals surface area contributed by atoms with E-state index in [1.165, 1.54) is 5.56 Å². The number of benzene rings is 2. The van der Waals surface area contributed by atoms with Crippen molar-refractivity contribution in [2.24, 2.45) is 0 Å². The van der Waals surface area contributed by atoms with Crippen LogP contribution >= 0.6 is 0 Å². The predicted octanol–water partition coefficient (Wildman–Crippen LogP) is 2.50. The van der Waals surface area contributed by atoms with Crippen molar-refractivity contribution < 1.29 is 13.2 Å². The van der Waals surface area contributed by atoms with Crippen LogP contribution in [0.25, 0.3) is 0 Å². The predicted molar refractivity (Wildman–Crippen MR) is 90.4 cm³/mol. The van der Waals surface area contributed by atoms with E-state index in [0.717, 1.165) is 18.4 Å². The third kappa shape index (κ3) is 2.57. The van der Waals surface area contributed by atoms with E-state index in [0.29, 0.717) is 10.5 Å². The molecule has 0 bridgehead atoms. The molecule has 1 aliphatic carbocycles. The van der Waals surface area contributed by atoms with Gasteiger partial charge in [-0.15, -0.1) is 0 Å². The molecule has 2 atom stereocenters. The van der Waals surface area contributed by atoms with Crippen molar-refractivity contribution in [2.45, 2.75) is 29.8 Å². The Kier molecular flexibility index (Phi) is 3.57. The summed E-state index contributed by atoms with van der Waals surface area (Å²) in [5.41, 5.74) is 3.07. The molecule has 4 rings (SSSR count). The van der Waals surface area contributed by atoms with Crippen molar-refractivity contribution in [1.82, 2.24) is 10.6 Å². The first kappa shape index (κ1) is 15.2. The molecule has 2 aromatic carbocycles. The quantitative estimate of drug-likeness (QED) is 0.880. The van der Waals surface area contributed by atoms with Gasteiger partial charge >= 0.3 is 6.03 Å². The lowest BCUT2D eigenvalue weighted by Gasteiger charge is -2.18. The van der Waals surface area contributed by atoms with Gasteiger partial charge in [-0.3, -0.25) is 0 Å². The van der Waals surface area contributed by atoms with Gasteiger partial charge in [0.2, 0.25) is 0 Å². The summed E-state index contributed by atoms with van der Waals surface area (Å²) >= 11 is 0. The van der Waals surface area contributed by atoms with Crippen LogP contribution in [-0.4, -0.2) is 20.2 Å². The molecule has 2 unspecified atom stereocenters. The number of amides is 2. The molecule has 1 aliphatic heterocycles. The molecular weight excluding hydrogens is 324 g/mol. The second-order valence-corrected chi connectivity index (χ2v) is 8.28. The lowest BCUT2D eigenvalue weighted by molar-refractivity contribution is 0.234. The zero-order valence-corrected chi connectivity index (χ0v) is 13.8. The maximum Gasteiger partial charge on any atom is 0.315 e. The number of aryl methyl sites for hydroxylation is 1. The summed E-state index contributed by atoms with van der Waals surface area (Å²) in [5, 5.41) is 5.79. The number of carbonyl (C=O) groups is 1. The molecule has 2 aliphatic rings. The third-order valence-corrected chi connectivity index (χ3v) is 6.57. The lowest BCUT2D eigenvalue weighted by atomic mass is 10.1. The Hall–Kier alpha value is -2.34. The number of fused-ring (bicyclic) bond motifs is 2. The number of hydrogen-bond donors (Lipinski definition) is 2. The molecule has 0 fully saturated rings. The second kappa shape index (κ2) is 5.63. The van der Waals surface area contributed by atoms with Gasteiger partial charge in [-0.1, -0.05) is 42.5 Å². The molecule has 1 heterocycles. The number of rotatable bonds is 2. The lowest BCUT2D eigenvalue weighted by Crippen LogP contribution is -2.40. The molecule has 0 saturated carbocycles. The van der Waals surface area contributed by atoms with Crippen molar-refractivity contribution in [2.75, 3.05) is 5.75 Å². The van der Waals surface area contributed by atoms with Crippen molar-refractivity contribution in [1.29, 1.82) is 0 Å². The van der Waals surface area contributed by atoms with Gasteiger partial charge in [-0.2, -0.15) is 0 Å². The number of carbonyl (C=O) groups excluding carboxylic acids is 1. The Labute approximate surface area is 141 Å². The fourth-order valence-corrected chi connectivity index (χ4v) is 5.37. The average molecular weight is 342 g/mol. The molecule has 2 aromatic rings. The highest BCUT2D eigenvalue weighted by Crippen LogP contribution is 2.33. The van der Waals surface area contributed by atoms with E-state index in [1.807, 2.05) is 18.2 Å². The van der Waals surface area contributed by atoms with E-state index in [-0.39, 0.29) is 17.8 Å². The first-order valence-electron chi connectivity index (χ1n) is 8.01. The number of hydrogen-bond acceptors (Lipinski definition) is 3. The van der Waals surface area contributed by atoms with Crippen molar-refractivity contribution in [3.63, 3.8) is 0 Å². The Balaban J connectivity index is 1.49. The number of nitrogens with one attached hydrogen (secondary N) is 2. The van der Waals surface area contributed by atoms with E-state index >= 15 is 0 Å². The zero-order chi connectivity index (χ0) is 16.7. The highest BCUT2D eigenvalue weighted by Gasteiger charge is 2.35. The third-order valence-electron chi connectivity index (χ3n) is 4.76. The second-order valence-electron chi connectivity index (χ2n) is 6.28. The first-order valence-corrected chi connectivity index (χ1v) is 9.66. The average Bonchev–Trinajstić information content (AvgIpc) is 3.08. The maximum absolute atomic E-state index is 12.4. The summed E-state index contributed by atoms with van der Waals surface area (Å²) in [6.07, 6.45) is 1.81. The molecule has 124 valence electrons. The van der Waals surface area contributed by atoms with E-state index in [1.54, 1.807) is 24.3 Å². The van der Waals surface area contributed by atoms with E-state index in [2.05, 4.69) is 16.7 Å². The zero-order valence-electron chi connectivity index (χ0n) is 13.0. The van der Waals surface area contributed by atoms with Crippen LogP contribution in [0.4, 0.5) is 4.79 Å². The monoisotopic (exact) mass is 342 g/mol. The molecule has 6 heteroatoms. The molecule has 0 spiro atoms. The summed E-state index contributed by atoms with van der Waals surface area (Å²) in [4.78, 5) is 12.7. The van der Waals surface area contributed by atoms with Crippen LogP contribution in [0.1, 0.15) is 35.2 Å².